The largest absolute Gasteiger partial charge is 0.332 e. The van der Waals surface area contributed by atoms with Gasteiger partial charge in [0, 0.05) is 31.8 Å². The minimum absolute atomic E-state index is 0.0387. The Morgan fingerprint density at radius 3 is 1.93 bits per heavy atom. The second-order valence-corrected chi connectivity index (χ2v) is 7.23. The standard InChI is InChI=1S/C25H32N2O2/c1-2-3-4-5-12-17-24(28)26-19-18-25(29)27(20-22-13-8-6-9-14-22)21-23-15-10-7-11-16-23/h6-11,13-16,18-19H,2-5,12,17,20-21H2,1H3,(H,26,28)/b19-18-. The Morgan fingerprint density at radius 2 is 1.38 bits per heavy atom. The van der Waals surface area contributed by atoms with Gasteiger partial charge in [0.1, 0.15) is 0 Å². The smallest absolute Gasteiger partial charge is 0.248 e. The van der Waals surface area contributed by atoms with Gasteiger partial charge in [0.05, 0.1) is 0 Å². The third-order valence-corrected chi connectivity index (χ3v) is 4.72. The lowest BCUT2D eigenvalue weighted by atomic mass is 10.1. The fourth-order valence-corrected chi connectivity index (χ4v) is 3.09. The minimum atomic E-state index is -0.124. The Bertz CT molecular complexity index is 715. The van der Waals surface area contributed by atoms with Gasteiger partial charge in [-0.3, -0.25) is 9.59 Å². The SMILES string of the molecule is CCCCCCCC(=O)N/C=C\C(=O)N(Cc1ccccc1)Cc1ccccc1. The molecule has 0 aromatic heterocycles. The van der Waals surface area contributed by atoms with E-state index >= 15 is 0 Å². The maximum absolute atomic E-state index is 12.8. The highest BCUT2D eigenvalue weighted by Crippen LogP contribution is 2.11. The zero-order chi connectivity index (χ0) is 20.7. The van der Waals surface area contributed by atoms with Gasteiger partial charge in [-0.2, -0.15) is 0 Å². The molecule has 154 valence electrons. The first-order valence-corrected chi connectivity index (χ1v) is 10.5. The van der Waals surface area contributed by atoms with Crippen LogP contribution in [0.2, 0.25) is 0 Å². The van der Waals surface area contributed by atoms with Crippen molar-refractivity contribution in [2.75, 3.05) is 0 Å². The number of unbranched alkanes of at least 4 members (excludes halogenated alkanes) is 4. The highest BCUT2D eigenvalue weighted by Gasteiger charge is 2.12. The monoisotopic (exact) mass is 392 g/mol. The van der Waals surface area contributed by atoms with Crippen LogP contribution in [-0.4, -0.2) is 16.7 Å². The Hall–Kier alpha value is -2.88. The molecule has 1 N–H and O–H groups in total. The Morgan fingerprint density at radius 1 is 0.828 bits per heavy atom. The highest BCUT2D eigenvalue weighted by molar-refractivity contribution is 5.88. The molecule has 0 atom stereocenters. The predicted molar refractivity (Wildman–Crippen MR) is 118 cm³/mol. The fraction of sp³-hybridized carbons (Fsp3) is 0.360. The molecule has 0 saturated carbocycles. The predicted octanol–water partition coefficient (Wildman–Crippen LogP) is 5.21. The van der Waals surface area contributed by atoms with Crippen molar-refractivity contribution >= 4 is 11.8 Å². The molecule has 4 nitrogen and oxygen atoms in total. The van der Waals surface area contributed by atoms with Crippen molar-refractivity contribution in [2.45, 2.75) is 58.5 Å². The molecule has 0 aliphatic rings. The van der Waals surface area contributed by atoms with Gasteiger partial charge in [-0.25, -0.2) is 0 Å². The average molecular weight is 393 g/mol. The van der Waals surface area contributed by atoms with E-state index in [4.69, 9.17) is 0 Å². The molecule has 4 heteroatoms. The summed E-state index contributed by atoms with van der Waals surface area (Å²) in [5.41, 5.74) is 2.14. The summed E-state index contributed by atoms with van der Waals surface area (Å²) >= 11 is 0. The van der Waals surface area contributed by atoms with Crippen LogP contribution in [0.4, 0.5) is 0 Å². The molecule has 2 amide bonds. The molecule has 0 bridgehead atoms. The van der Waals surface area contributed by atoms with Gasteiger partial charge in [-0.1, -0.05) is 93.3 Å². The van der Waals surface area contributed by atoms with Gasteiger partial charge >= 0.3 is 0 Å². The zero-order valence-electron chi connectivity index (χ0n) is 17.3. The van der Waals surface area contributed by atoms with E-state index in [9.17, 15) is 9.59 Å². The van der Waals surface area contributed by atoms with Crippen molar-refractivity contribution in [1.82, 2.24) is 10.2 Å². The number of carbonyl (C=O) groups is 2. The number of rotatable bonds is 12. The van der Waals surface area contributed by atoms with E-state index in [1.807, 2.05) is 60.7 Å². The van der Waals surface area contributed by atoms with E-state index in [-0.39, 0.29) is 11.8 Å². The topological polar surface area (TPSA) is 49.4 Å². The Balaban J connectivity index is 1.88. The van der Waals surface area contributed by atoms with Crippen LogP contribution in [0.25, 0.3) is 0 Å². The van der Waals surface area contributed by atoms with Crippen LogP contribution in [0.1, 0.15) is 56.6 Å². The molecular weight excluding hydrogens is 360 g/mol. The number of hydrogen-bond acceptors (Lipinski definition) is 2. The molecule has 0 aliphatic carbocycles. The molecule has 0 spiro atoms. The zero-order valence-corrected chi connectivity index (χ0v) is 17.3. The first kappa shape index (κ1) is 22.4. The second-order valence-electron chi connectivity index (χ2n) is 7.23. The molecule has 2 aromatic rings. The van der Waals surface area contributed by atoms with Crippen LogP contribution < -0.4 is 5.32 Å². The van der Waals surface area contributed by atoms with Crippen LogP contribution in [0, 0.1) is 0 Å². The summed E-state index contributed by atoms with van der Waals surface area (Å²) in [6, 6.07) is 19.8. The molecule has 2 aromatic carbocycles. The molecule has 0 saturated heterocycles. The van der Waals surface area contributed by atoms with Crippen LogP contribution >= 0.6 is 0 Å². The molecule has 2 rings (SSSR count). The van der Waals surface area contributed by atoms with E-state index in [0.29, 0.717) is 19.5 Å². The van der Waals surface area contributed by atoms with Crippen molar-refractivity contribution in [3.63, 3.8) is 0 Å². The van der Waals surface area contributed by atoms with Crippen LogP contribution in [0.15, 0.2) is 72.9 Å². The molecule has 0 heterocycles. The number of hydrogen-bond donors (Lipinski definition) is 1. The Kier molecular flexibility index (Phi) is 10.3. The molecule has 0 unspecified atom stereocenters. The highest BCUT2D eigenvalue weighted by atomic mass is 16.2. The molecule has 0 radical (unpaired) electrons. The van der Waals surface area contributed by atoms with Crippen LogP contribution in [0.5, 0.6) is 0 Å². The molecule has 0 fully saturated rings. The third-order valence-electron chi connectivity index (χ3n) is 4.72. The van der Waals surface area contributed by atoms with E-state index in [0.717, 1.165) is 24.0 Å². The van der Waals surface area contributed by atoms with E-state index < -0.39 is 0 Å². The van der Waals surface area contributed by atoms with Gasteiger partial charge in [0.25, 0.3) is 0 Å². The van der Waals surface area contributed by atoms with Gasteiger partial charge in [-0.05, 0) is 17.5 Å². The summed E-state index contributed by atoms with van der Waals surface area (Å²) in [5, 5.41) is 2.72. The van der Waals surface area contributed by atoms with Crippen molar-refractivity contribution < 1.29 is 9.59 Å². The van der Waals surface area contributed by atoms with E-state index in [1.165, 1.54) is 31.5 Å². The maximum Gasteiger partial charge on any atom is 0.248 e. The van der Waals surface area contributed by atoms with Crippen LogP contribution in [-0.2, 0) is 22.7 Å². The summed E-state index contributed by atoms with van der Waals surface area (Å²) in [4.78, 5) is 26.5. The average Bonchev–Trinajstić information content (AvgIpc) is 2.74. The van der Waals surface area contributed by atoms with Gasteiger partial charge < -0.3 is 10.2 Å². The maximum atomic E-state index is 12.8. The number of nitrogens with zero attached hydrogens (tertiary/aromatic N) is 1. The lowest BCUT2D eigenvalue weighted by Crippen LogP contribution is -2.29. The van der Waals surface area contributed by atoms with Crippen molar-refractivity contribution in [2.24, 2.45) is 0 Å². The fourth-order valence-electron chi connectivity index (χ4n) is 3.09. The van der Waals surface area contributed by atoms with Crippen LogP contribution in [0.3, 0.4) is 0 Å². The van der Waals surface area contributed by atoms with Crippen molar-refractivity contribution in [1.29, 1.82) is 0 Å². The van der Waals surface area contributed by atoms with Gasteiger partial charge in [-0.15, -0.1) is 0 Å². The molecule has 0 aliphatic heterocycles. The van der Waals surface area contributed by atoms with Crippen molar-refractivity contribution in [3.8, 4) is 0 Å². The summed E-state index contributed by atoms with van der Waals surface area (Å²) in [6.07, 6.45) is 8.97. The normalized spacial score (nSPS) is 10.8. The lowest BCUT2D eigenvalue weighted by molar-refractivity contribution is -0.127. The third kappa shape index (κ3) is 9.24. The quantitative estimate of drug-likeness (QED) is 0.398. The number of benzene rings is 2. The summed E-state index contributed by atoms with van der Waals surface area (Å²) < 4.78 is 0. The first-order chi connectivity index (χ1) is 14.2. The Labute approximate surface area is 174 Å². The number of amides is 2. The summed E-state index contributed by atoms with van der Waals surface area (Å²) in [5.74, 6) is -0.163. The molecular formula is C25H32N2O2. The first-order valence-electron chi connectivity index (χ1n) is 10.5. The van der Waals surface area contributed by atoms with Gasteiger partial charge in [0.15, 0.2) is 0 Å². The van der Waals surface area contributed by atoms with Gasteiger partial charge in [0.2, 0.25) is 11.8 Å². The lowest BCUT2D eigenvalue weighted by Gasteiger charge is -2.21. The van der Waals surface area contributed by atoms with E-state index in [2.05, 4.69) is 12.2 Å². The minimum Gasteiger partial charge on any atom is -0.332 e. The summed E-state index contributed by atoms with van der Waals surface area (Å²) in [7, 11) is 0. The van der Waals surface area contributed by atoms with E-state index in [1.54, 1.807) is 4.90 Å². The van der Waals surface area contributed by atoms with Crippen molar-refractivity contribution in [3.05, 3.63) is 84.1 Å². The number of nitrogens with one attached hydrogen (secondary N) is 1. The molecule has 29 heavy (non-hydrogen) atoms. The summed E-state index contributed by atoms with van der Waals surface area (Å²) in [6.45, 7) is 3.21. The second kappa shape index (κ2) is 13.3. The number of carbonyl (C=O) groups excluding carboxylic acids is 2.